The Balaban J connectivity index is 2.02. The van der Waals surface area contributed by atoms with E-state index in [0.717, 1.165) is 12.0 Å². The molecule has 0 aromatic heterocycles. The molecule has 1 aliphatic rings. The minimum absolute atomic E-state index is 0.323. The molecule has 0 fully saturated rings. The fraction of sp³-hybridized carbons (Fsp3) is 0.250. The van der Waals surface area contributed by atoms with Gasteiger partial charge in [0, 0.05) is 12.2 Å². The minimum atomic E-state index is -0.707. The molecule has 0 saturated heterocycles. The molecule has 1 atom stereocenters. The summed E-state index contributed by atoms with van der Waals surface area (Å²) in [5.74, 6) is -0.725. The van der Waals surface area contributed by atoms with E-state index in [1.54, 1.807) is 30.0 Å². The van der Waals surface area contributed by atoms with Gasteiger partial charge < -0.3 is 10.0 Å². The van der Waals surface area contributed by atoms with Crippen molar-refractivity contribution in [1.82, 2.24) is 0 Å². The molecular formula is C16H15F2NO. The number of hydrogen-bond donors (Lipinski definition) is 1. The molecule has 0 radical (unpaired) electrons. The first-order chi connectivity index (χ1) is 9.56. The van der Waals surface area contributed by atoms with Crippen LogP contribution in [-0.2, 0) is 6.42 Å². The molecule has 104 valence electrons. The maximum Gasteiger partial charge on any atom is 0.147 e. The second-order valence-electron chi connectivity index (χ2n) is 5.06. The maximum absolute atomic E-state index is 14.2. The molecular weight excluding hydrogens is 260 g/mol. The summed E-state index contributed by atoms with van der Waals surface area (Å²) >= 11 is 0. The number of rotatable bonds is 2. The molecule has 1 N–H and O–H groups in total. The van der Waals surface area contributed by atoms with Gasteiger partial charge in [-0.2, -0.15) is 0 Å². The van der Waals surface area contributed by atoms with E-state index in [-0.39, 0.29) is 5.82 Å². The van der Waals surface area contributed by atoms with E-state index in [9.17, 15) is 13.9 Å². The summed E-state index contributed by atoms with van der Waals surface area (Å²) in [4.78, 5) is 1.78. The maximum atomic E-state index is 14.2. The summed E-state index contributed by atoms with van der Waals surface area (Å²) < 4.78 is 27.6. The molecule has 3 rings (SSSR count). The second-order valence-corrected chi connectivity index (χ2v) is 5.06. The van der Waals surface area contributed by atoms with Crippen molar-refractivity contribution in [1.29, 1.82) is 0 Å². The molecule has 2 aromatic carbocycles. The number of hydrogen-bond acceptors (Lipinski definition) is 2. The highest BCUT2D eigenvalue weighted by Crippen LogP contribution is 2.36. The Morgan fingerprint density at radius 3 is 2.60 bits per heavy atom. The quantitative estimate of drug-likeness (QED) is 0.903. The van der Waals surface area contributed by atoms with Crippen LogP contribution in [0.3, 0.4) is 0 Å². The average Bonchev–Trinajstić information content (AvgIpc) is 2.81. The lowest BCUT2D eigenvalue weighted by molar-refractivity contribution is 0.199. The van der Waals surface area contributed by atoms with Crippen LogP contribution in [-0.4, -0.2) is 11.7 Å². The van der Waals surface area contributed by atoms with Gasteiger partial charge in [-0.1, -0.05) is 12.1 Å². The molecule has 0 amide bonds. The van der Waals surface area contributed by atoms with Gasteiger partial charge >= 0.3 is 0 Å². The summed E-state index contributed by atoms with van der Waals surface area (Å²) in [6.07, 6.45) is 0.0644. The number of aliphatic hydroxyl groups excluding tert-OH is 1. The number of anilines is 2. The van der Waals surface area contributed by atoms with Gasteiger partial charge in [-0.05, 0) is 48.7 Å². The topological polar surface area (TPSA) is 23.5 Å². The Kier molecular flexibility index (Phi) is 3.18. The standard InChI is InChI=1S/C16H15F2NO/c1-10(20)12-3-5-15(14(18)8-12)19-7-6-11-2-4-13(17)9-16(11)19/h2-5,8-10,20H,6-7H2,1H3/t10-/m1/s1. The fourth-order valence-electron chi connectivity index (χ4n) is 2.60. The minimum Gasteiger partial charge on any atom is -0.389 e. The van der Waals surface area contributed by atoms with Crippen molar-refractivity contribution in [3.63, 3.8) is 0 Å². The zero-order chi connectivity index (χ0) is 14.3. The van der Waals surface area contributed by atoms with Crippen LogP contribution in [0.5, 0.6) is 0 Å². The highest BCUT2D eigenvalue weighted by molar-refractivity contribution is 5.70. The highest BCUT2D eigenvalue weighted by atomic mass is 19.1. The third-order valence-electron chi connectivity index (χ3n) is 3.69. The zero-order valence-electron chi connectivity index (χ0n) is 11.1. The fourth-order valence-corrected chi connectivity index (χ4v) is 2.60. The van der Waals surface area contributed by atoms with Crippen molar-refractivity contribution in [2.45, 2.75) is 19.4 Å². The monoisotopic (exact) mass is 275 g/mol. The van der Waals surface area contributed by atoms with Crippen LogP contribution in [0.2, 0.25) is 0 Å². The molecule has 0 saturated carbocycles. The Bertz CT molecular complexity index is 655. The van der Waals surface area contributed by atoms with Crippen molar-refractivity contribution in [3.8, 4) is 0 Å². The smallest absolute Gasteiger partial charge is 0.147 e. The Morgan fingerprint density at radius 1 is 1.10 bits per heavy atom. The van der Waals surface area contributed by atoms with Gasteiger partial charge in [0.1, 0.15) is 11.6 Å². The molecule has 0 unspecified atom stereocenters. The SMILES string of the molecule is C[C@@H](O)c1ccc(N2CCc3ccc(F)cc32)c(F)c1. The van der Waals surface area contributed by atoms with Crippen LogP contribution in [0.1, 0.15) is 24.2 Å². The van der Waals surface area contributed by atoms with Gasteiger partial charge in [-0.25, -0.2) is 8.78 Å². The van der Waals surface area contributed by atoms with Gasteiger partial charge in [-0.15, -0.1) is 0 Å². The van der Waals surface area contributed by atoms with Crippen molar-refractivity contribution in [3.05, 3.63) is 59.2 Å². The normalized spacial score (nSPS) is 15.3. The number of aliphatic hydroxyl groups is 1. The van der Waals surface area contributed by atoms with Crippen LogP contribution >= 0.6 is 0 Å². The van der Waals surface area contributed by atoms with E-state index in [1.165, 1.54) is 18.2 Å². The lowest BCUT2D eigenvalue weighted by Gasteiger charge is -2.21. The zero-order valence-corrected chi connectivity index (χ0v) is 11.1. The number of benzene rings is 2. The highest BCUT2D eigenvalue weighted by Gasteiger charge is 2.23. The van der Waals surface area contributed by atoms with Crippen LogP contribution in [0.15, 0.2) is 36.4 Å². The Morgan fingerprint density at radius 2 is 1.90 bits per heavy atom. The van der Waals surface area contributed by atoms with Crippen LogP contribution < -0.4 is 4.90 Å². The Labute approximate surface area is 116 Å². The third kappa shape index (κ3) is 2.16. The molecule has 0 aliphatic carbocycles. The van der Waals surface area contributed by atoms with Crippen LogP contribution in [0.25, 0.3) is 0 Å². The van der Waals surface area contributed by atoms with Crippen LogP contribution in [0.4, 0.5) is 20.2 Å². The van der Waals surface area contributed by atoms with Gasteiger partial charge in [0.25, 0.3) is 0 Å². The first-order valence-electron chi connectivity index (χ1n) is 6.60. The lowest BCUT2D eigenvalue weighted by atomic mass is 10.1. The molecule has 2 nitrogen and oxygen atoms in total. The summed E-state index contributed by atoms with van der Waals surface area (Å²) in [5, 5.41) is 9.47. The number of fused-ring (bicyclic) bond motifs is 1. The third-order valence-corrected chi connectivity index (χ3v) is 3.69. The first kappa shape index (κ1) is 13.1. The van der Waals surface area contributed by atoms with E-state index in [0.29, 0.717) is 23.5 Å². The predicted molar refractivity (Wildman–Crippen MR) is 74.1 cm³/mol. The summed E-state index contributed by atoms with van der Waals surface area (Å²) in [7, 11) is 0. The van der Waals surface area contributed by atoms with Gasteiger partial charge in [0.05, 0.1) is 11.8 Å². The largest absolute Gasteiger partial charge is 0.389 e. The van der Waals surface area contributed by atoms with E-state index in [1.807, 2.05) is 0 Å². The lowest BCUT2D eigenvalue weighted by Crippen LogP contribution is -2.15. The van der Waals surface area contributed by atoms with Gasteiger partial charge in [0.2, 0.25) is 0 Å². The Hall–Kier alpha value is -1.94. The van der Waals surface area contributed by atoms with E-state index < -0.39 is 11.9 Å². The molecule has 4 heteroatoms. The van der Waals surface area contributed by atoms with Gasteiger partial charge in [-0.3, -0.25) is 0 Å². The number of nitrogens with zero attached hydrogens (tertiary/aromatic N) is 1. The average molecular weight is 275 g/mol. The van der Waals surface area contributed by atoms with Gasteiger partial charge in [0.15, 0.2) is 0 Å². The van der Waals surface area contributed by atoms with Crippen molar-refractivity contribution in [2.75, 3.05) is 11.4 Å². The van der Waals surface area contributed by atoms with E-state index in [2.05, 4.69) is 0 Å². The summed E-state index contributed by atoms with van der Waals surface area (Å²) in [6, 6.07) is 9.27. The van der Waals surface area contributed by atoms with E-state index >= 15 is 0 Å². The summed E-state index contributed by atoms with van der Waals surface area (Å²) in [5.41, 5.74) is 2.68. The molecule has 2 aromatic rings. The summed E-state index contributed by atoms with van der Waals surface area (Å²) in [6.45, 7) is 2.22. The van der Waals surface area contributed by atoms with Crippen molar-refractivity contribution >= 4 is 11.4 Å². The second kappa shape index (κ2) is 4.87. The van der Waals surface area contributed by atoms with Crippen molar-refractivity contribution in [2.24, 2.45) is 0 Å². The van der Waals surface area contributed by atoms with Crippen molar-refractivity contribution < 1.29 is 13.9 Å². The predicted octanol–water partition coefficient (Wildman–Crippen LogP) is 3.71. The first-order valence-corrected chi connectivity index (χ1v) is 6.60. The molecule has 20 heavy (non-hydrogen) atoms. The molecule has 0 spiro atoms. The molecule has 1 heterocycles. The molecule has 1 aliphatic heterocycles. The number of halogens is 2. The molecule has 0 bridgehead atoms. The van der Waals surface area contributed by atoms with E-state index in [4.69, 9.17) is 0 Å². The van der Waals surface area contributed by atoms with Crippen LogP contribution in [0, 0.1) is 11.6 Å².